The summed E-state index contributed by atoms with van der Waals surface area (Å²) in [5.41, 5.74) is 5.50. The molecule has 3 amide bonds. The van der Waals surface area contributed by atoms with Crippen LogP contribution in [0.15, 0.2) is 22.2 Å². The molecule has 1 aliphatic heterocycles. The minimum atomic E-state index is -0.509. The van der Waals surface area contributed by atoms with Crippen molar-refractivity contribution in [3.05, 3.63) is 38.5 Å². The maximum Gasteiger partial charge on any atom is 0.410 e. The molecular formula is C20H26N4O4S2. The topological polar surface area (TPSA) is 101 Å². The number of thiophene rings is 1. The van der Waals surface area contributed by atoms with Crippen LogP contribution in [0.3, 0.4) is 0 Å². The van der Waals surface area contributed by atoms with Crippen LogP contribution in [0.4, 0.5) is 4.79 Å². The summed E-state index contributed by atoms with van der Waals surface area (Å²) in [5.74, 6) is -0.530. The van der Waals surface area contributed by atoms with Gasteiger partial charge in [-0.2, -0.15) is 11.3 Å². The number of aromatic nitrogens is 1. The minimum Gasteiger partial charge on any atom is -0.444 e. The number of rotatable bonds is 4. The van der Waals surface area contributed by atoms with Gasteiger partial charge in [0.1, 0.15) is 11.3 Å². The zero-order chi connectivity index (χ0) is 21.7. The Morgan fingerprint density at radius 1 is 1.20 bits per heavy atom. The Bertz CT molecular complexity index is 881. The molecule has 0 bridgehead atoms. The van der Waals surface area contributed by atoms with Crippen LogP contribution in [0.2, 0.25) is 0 Å². The Hall–Kier alpha value is -2.46. The lowest BCUT2D eigenvalue weighted by Crippen LogP contribution is -2.42. The number of hydrazine groups is 1. The van der Waals surface area contributed by atoms with E-state index in [0.29, 0.717) is 13.1 Å². The number of hydrogen-bond donors (Lipinski definition) is 2. The van der Waals surface area contributed by atoms with Gasteiger partial charge in [0.05, 0.1) is 11.4 Å². The van der Waals surface area contributed by atoms with E-state index < -0.39 is 11.5 Å². The summed E-state index contributed by atoms with van der Waals surface area (Å²) < 4.78 is 5.42. The van der Waals surface area contributed by atoms with Gasteiger partial charge in [-0.15, -0.1) is 11.3 Å². The Morgan fingerprint density at radius 2 is 1.93 bits per heavy atom. The molecule has 2 aromatic heterocycles. The quantitative estimate of drug-likeness (QED) is 0.696. The summed E-state index contributed by atoms with van der Waals surface area (Å²) in [7, 11) is 0. The fourth-order valence-corrected chi connectivity index (χ4v) is 4.67. The first-order valence-corrected chi connectivity index (χ1v) is 11.6. The van der Waals surface area contributed by atoms with Gasteiger partial charge in [0.25, 0.3) is 5.91 Å². The molecule has 10 heteroatoms. The average Bonchev–Trinajstić information content (AvgIpc) is 3.37. The van der Waals surface area contributed by atoms with E-state index >= 15 is 0 Å². The maximum absolute atomic E-state index is 12.3. The molecule has 0 radical (unpaired) electrons. The lowest BCUT2D eigenvalue weighted by molar-refractivity contribution is -0.121. The Kier molecular flexibility index (Phi) is 7.09. The predicted molar refractivity (Wildman–Crippen MR) is 116 cm³/mol. The van der Waals surface area contributed by atoms with Gasteiger partial charge < -0.3 is 9.64 Å². The lowest BCUT2D eigenvalue weighted by Gasteiger charge is -2.32. The molecule has 3 rings (SSSR count). The van der Waals surface area contributed by atoms with Gasteiger partial charge in [-0.05, 0) is 56.0 Å². The molecule has 0 aromatic carbocycles. The molecule has 0 aliphatic carbocycles. The molecule has 8 nitrogen and oxygen atoms in total. The van der Waals surface area contributed by atoms with Crippen LogP contribution in [-0.2, 0) is 16.0 Å². The first-order valence-electron chi connectivity index (χ1n) is 9.75. The number of hydrogen-bond acceptors (Lipinski definition) is 7. The summed E-state index contributed by atoms with van der Waals surface area (Å²) in [5, 5.41) is 6.35. The van der Waals surface area contributed by atoms with Gasteiger partial charge >= 0.3 is 6.09 Å². The average molecular weight is 451 g/mol. The number of thiazole rings is 1. The predicted octanol–water partition coefficient (Wildman–Crippen LogP) is 3.32. The van der Waals surface area contributed by atoms with Crippen molar-refractivity contribution in [1.82, 2.24) is 20.7 Å². The number of nitrogens with one attached hydrogen (secondary N) is 2. The van der Waals surface area contributed by atoms with E-state index in [0.717, 1.165) is 23.4 Å². The van der Waals surface area contributed by atoms with Gasteiger partial charge in [-0.25, -0.2) is 9.78 Å². The highest BCUT2D eigenvalue weighted by molar-refractivity contribution is 7.10. The minimum absolute atomic E-state index is 0.198. The third-order valence-corrected chi connectivity index (χ3v) is 6.25. The Balaban J connectivity index is 1.46. The normalized spacial score (nSPS) is 15.0. The molecule has 1 aliphatic rings. The third kappa shape index (κ3) is 6.27. The fourth-order valence-electron chi connectivity index (χ4n) is 3.03. The van der Waals surface area contributed by atoms with Crippen LogP contribution in [0.25, 0.3) is 0 Å². The zero-order valence-corrected chi connectivity index (χ0v) is 18.9. The number of ether oxygens (including phenoxy) is 1. The van der Waals surface area contributed by atoms with Gasteiger partial charge in [-0.1, -0.05) is 0 Å². The van der Waals surface area contributed by atoms with Crippen molar-refractivity contribution in [2.45, 2.75) is 51.6 Å². The highest BCUT2D eigenvalue weighted by atomic mass is 32.1. The molecule has 0 unspecified atom stereocenters. The molecule has 30 heavy (non-hydrogen) atoms. The van der Waals surface area contributed by atoms with E-state index in [4.69, 9.17) is 4.74 Å². The second-order valence-corrected chi connectivity index (χ2v) is 9.79. The molecular weight excluding hydrogens is 424 g/mol. The van der Waals surface area contributed by atoms with Gasteiger partial charge in [-0.3, -0.25) is 20.4 Å². The highest BCUT2D eigenvalue weighted by Gasteiger charge is 2.29. The summed E-state index contributed by atoms with van der Waals surface area (Å²) in [4.78, 5) is 42.5. The van der Waals surface area contributed by atoms with Crippen molar-refractivity contribution in [3.63, 3.8) is 0 Å². The lowest BCUT2D eigenvalue weighted by atomic mass is 9.98. The third-order valence-electron chi connectivity index (χ3n) is 4.51. The van der Waals surface area contributed by atoms with E-state index in [9.17, 15) is 14.4 Å². The molecule has 2 aromatic rings. The summed E-state index contributed by atoms with van der Waals surface area (Å²) in [6.45, 7) is 6.75. The van der Waals surface area contributed by atoms with Crippen LogP contribution in [0.5, 0.6) is 0 Å². The summed E-state index contributed by atoms with van der Waals surface area (Å²) in [6, 6.07) is 1.87. The van der Waals surface area contributed by atoms with E-state index in [1.807, 2.05) is 37.6 Å². The number of nitrogens with zero attached hydrogens (tertiary/aromatic N) is 2. The summed E-state index contributed by atoms with van der Waals surface area (Å²) in [6.07, 6.45) is 1.46. The van der Waals surface area contributed by atoms with Crippen LogP contribution in [0.1, 0.15) is 60.6 Å². The Labute approximate surface area is 183 Å². The van der Waals surface area contributed by atoms with Crippen molar-refractivity contribution in [2.75, 3.05) is 13.1 Å². The number of carbonyl (C=O) groups is 3. The smallest absolute Gasteiger partial charge is 0.410 e. The molecule has 0 atom stereocenters. The second kappa shape index (κ2) is 9.57. The van der Waals surface area contributed by atoms with E-state index in [1.165, 1.54) is 22.7 Å². The molecule has 1 fully saturated rings. The van der Waals surface area contributed by atoms with Crippen LogP contribution < -0.4 is 10.9 Å². The number of piperidine rings is 1. The second-order valence-electron chi connectivity index (χ2n) is 8.12. The monoisotopic (exact) mass is 450 g/mol. The maximum atomic E-state index is 12.3. The van der Waals surface area contributed by atoms with Crippen LogP contribution in [0, 0.1) is 0 Å². The van der Waals surface area contributed by atoms with Crippen molar-refractivity contribution < 1.29 is 19.1 Å². The van der Waals surface area contributed by atoms with Gasteiger partial charge in [0.15, 0.2) is 0 Å². The summed E-state index contributed by atoms with van der Waals surface area (Å²) >= 11 is 2.94. The van der Waals surface area contributed by atoms with E-state index in [1.54, 1.807) is 10.3 Å². The van der Waals surface area contributed by atoms with Crippen molar-refractivity contribution in [2.24, 2.45) is 0 Å². The number of likely N-dealkylation sites (tertiary alicyclic amines) is 1. The molecule has 2 N–H and O–H groups in total. The van der Waals surface area contributed by atoms with Crippen molar-refractivity contribution in [1.29, 1.82) is 0 Å². The highest BCUT2D eigenvalue weighted by Crippen LogP contribution is 2.30. The zero-order valence-electron chi connectivity index (χ0n) is 17.3. The molecule has 0 spiro atoms. The largest absolute Gasteiger partial charge is 0.444 e. The van der Waals surface area contributed by atoms with Crippen LogP contribution >= 0.6 is 22.7 Å². The van der Waals surface area contributed by atoms with Gasteiger partial charge in [0.2, 0.25) is 5.91 Å². The SMILES string of the molecule is CC(C)(C)OC(=O)N1CCC(c2nc(C(=O)NNC(=O)Cc3ccsc3)cs2)CC1. The molecule has 162 valence electrons. The van der Waals surface area contributed by atoms with E-state index in [-0.39, 0.29) is 30.0 Å². The standard InChI is InChI=1S/C20H26N4O4S2/c1-20(2,3)28-19(27)24-7-4-14(5-8-24)18-21-15(12-30-18)17(26)23-22-16(25)10-13-6-9-29-11-13/h6,9,11-12,14H,4-5,7-8,10H2,1-3H3,(H,22,25)(H,23,26). The van der Waals surface area contributed by atoms with Crippen LogP contribution in [-0.4, -0.2) is 46.5 Å². The van der Waals surface area contributed by atoms with Crippen molar-refractivity contribution >= 4 is 40.6 Å². The number of carbonyl (C=O) groups excluding carboxylic acids is 3. The van der Waals surface area contributed by atoms with Gasteiger partial charge in [0, 0.05) is 24.4 Å². The first-order chi connectivity index (χ1) is 14.2. The van der Waals surface area contributed by atoms with E-state index in [2.05, 4.69) is 15.8 Å². The molecule has 1 saturated heterocycles. The molecule has 0 saturated carbocycles. The molecule has 3 heterocycles. The fraction of sp³-hybridized carbons (Fsp3) is 0.500. The Morgan fingerprint density at radius 3 is 2.57 bits per heavy atom. The number of amides is 3. The van der Waals surface area contributed by atoms with Crippen molar-refractivity contribution in [3.8, 4) is 0 Å². The first kappa shape index (κ1) is 22.2.